The third-order valence-corrected chi connectivity index (χ3v) is 7.29. The molecule has 0 atom stereocenters. The molecule has 0 aromatic heterocycles. The van der Waals surface area contributed by atoms with Gasteiger partial charge in [0.05, 0.1) is 11.4 Å². The summed E-state index contributed by atoms with van der Waals surface area (Å²) < 4.78 is 3.39. The zero-order chi connectivity index (χ0) is 16.8. The molecule has 1 spiro atoms. The van der Waals surface area contributed by atoms with Crippen molar-refractivity contribution in [2.45, 2.75) is 50.2 Å². The molecule has 3 fully saturated rings. The minimum absolute atomic E-state index is 0.00287. The first-order valence-electron chi connectivity index (χ1n) is 9.00. The van der Waals surface area contributed by atoms with Crippen molar-refractivity contribution in [3.8, 4) is 0 Å². The van der Waals surface area contributed by atoms with E-state index in [2.05, 4.69) is 15.7 Å². The molecule has 1 saturated heterocycles. The first-order chi connectivity index (χ1) is 11.5. The van der Waals surface area contributed by atoms with Crippen LogP contribution >= 0.6 is 11.9 Å². The summed E-state index contributed by atoms with van der Waals surface area (Å²) >= 11 is 1.62. The van der Waals surface area contributed by atoms with Crippen molar-refractivity contribution < 1.29 is 9.90 Å². The van der Waals surface area contributed by atoms with Crippen LogP contribution in [0.4, 0.5) is 11.4 Å². The maximum absolute atomic E-state index is 12.0. The van der Waals surface area contributed by atoms with Gasteiger partial charge < -0.3 is 14.7 Å². The second-order valence-electron chi connectivity index (χ2n) is 7.82. The highest BCUT2D eigenvalue weighted by atomic mass is 32.2. The maximum atomic E-state index is 12.0. The summed E-state index contributed by atoms with van der Waals surface area (Å²) in [4.78, 5) is 14.4. The number of nitrogens with zero attached hydrogens (tertiary/aromatic N) is 1. The molecule has 0 amide bonds. The largest absolute Gasteiger partial charge is 0.395 e. The number of aliphatic hydroxyl groups is 1. The van der Waals surface area contributed by atoms with Crippen molar-refractivity contribution >= 4 is 29.1 Å². The number of rotatable bonds is 6. The number of carbonyl (C=O) groups excluding carboxylic acids is 1. The summed E-state index contributed by atoms with van der Waals surface area (Å²) in [6.07, 6.45) is 7.42. The van der Waals surface area contributed by atoms with Crippen LogP contribution in [0.25, 0.3) is 0 Å². The number of nitrogens with one attached hydrogen (secondary N) is 1. The molecule has 130 valence electrons. The molecule has 0 bridgehead atoms. The van der Waals surface area contributed by atoms with Crippen LogP contribution in [0.1, 0.15) is 55.8 Å². The number of benzene rings is 1. The van der Waals surface area contributed by atoms with E-state index in [-0.39, 0.29) is 17.1 Å². The van der Waals surface area contributed by atoms with Crippen molar-refractivity contribution in [3.63, 3.8) is 0 Å². The Bertz CT molecular complexity index is 643. The quantitative estimate of drug-likeness (QED) is 0.605. The average Bonchev–Trinajstić information content (AvgIpc) is 3.51. The van der Waals surface area contributed by atoms with E-state index in [1.807, 2.05) is 12.1 Å². The van der Waals surface area contributed by atoms with Crippen molar-refractivity contribution in [2.75, 3.05) is 29.3 Å². The summed E-state index contributed by atoms with van der Waals surface area (Å²) in [5, 5.41) is 9.45. The van der Waals surface area contributed by atoms with E-state index in [1.54, 1.807) is 18.9 Å². The average molecular weight is 346 g/mol. The summed E-state index contributed by atoms with van der Waals surface area (Å²) in [6, 6.07) is 6.04. The van der Waals surface area contributed by atoms with Crippen molar-refractivity contribution in [1.29, 1.82) is 0 Å². The predicted octanol–water partition coefficient (Wildman–Crippen LogP) is 3.85. The fourth-order valence-corrected chi connectivity index (χ4v) is 4.48. The molecule has 1 aromatic carbocycles. The first kappa shape index (κ1) is 16.3. The van der Waals surface area contributed by atoms with Gasteiger partial charge in [-0.15, -0.1) is 0 Å². The molecule has 2 aliphatic carbocycles. The number of hydrogen-bond donors (Lipinski definition) is 2. The van der Waals surface area contributed by atoms with E-state index in [0.717, 1.165) is 42.9 Å². The zero-order valence-corrected chi connectivity index (χ0v) is 15.1. The van der Waals surface area contributed by atoms with Crippen LogP contribution < -0.4 is 9.62 Å². The van der Waals surface area contributed by atoms with E-state index in [0.29, 0.717) is 5.41 Å². The molecular weight excluding hydrogens is 320 g/mol. The first-order valence-corrected chi connectivity index (χ1v) is 9.81. The second-order valence-corrected chi connectivity index (χ2v) is 9.09. The SMILES string of the molecule is CC(=O)c1ccc(NSC2(CO)CC2)cc1N1CCC2(CC1)CC2. The van der Waals surface area contributed by atoms with Crippen LogP contribution in [-0.2, 0) is 0 Å². The molecule has 24 heavy (non-hydrogen) atoms. The third kappa shape index (κ3) is 3.16. The highest BCUT2D eigenvalue weighted by Gasteiger charge is 2.45. The lowest BCUT2D eigenvalue weighted by Crippen LogP contribution is -2.35. The van der Waals surface area contributed by atoms with E-state index in [1.165, 1.54) is 25.7 Å². The van der Waals surface area contributed by atoms with Crippen molar-refractivity contribution in [1.82, 2.24) is 0 Å². The monoisotopic (exact) mass is 346 g/mol. The van der Waals surface area contributed by atoms with Crippen LogP contribution in [0, 0.1) is 5.41 Å². The zero-order valence-electron chi connectivity index (χ0n) is 14.3. The fraction of sp³-hybridized carbons (Fsp3) is 0.632. The number of piperidine rings is 1. The van der Waals surface area contributed by atoms with Gasteiger partial charge in [-0.2, -0.15) is 0 Å². The smallest absolute Gasteiger partial charge is 0.161 e. The van der Waals surface area contributed by atoms with Gasteiger partial charge in [0.1, 0.15) is 0 Å². The molecule has 0 unspecified atom stereocenters. The Balaban J connectivity index is 1.51. The number of anilines is 2. The summed E-state index contributed by atoms with van der Waals surface area (Å²) in [5.41, 5.74) is 3.54. The van der Waals surface area contributed by atoms with Gasteiger partial charge in [0.15, 0.2) is 5.78 Å². The number of ketones is 1. The van der Waals surface area contributed by atoms with Gasteiger partial charge in [0.25, 0.3) is 0 Å². The van der Waals surface area contributed by atoms with E-state index in [4.69, 9.17) is 0 Å². The standard InChI is InChI=1S/C19H26N2O2S/c1-14(23)16-3-2-15(20-24-19(13-22)6-7-19)12-17(16)21-10-8-18(4-5-18)9-11-21/h2-3,12,20,22H,4-11,13H2,1H3. The van der Waals surface area contributed by atoms with Gasteiger partial charge in [0.2, 0.25) is 0 Å². The predicted molar refractivity (Wildman–Crippen MR) is 99.8 cm³/mol. The molecule has 1 aromatic rings. The summed E-state index contributed by atoms with van der Waals surface area (Å²) in [7, 11) is 0. The Morgan fingerprint density at radius 3 is 2.46 bits per heavy atom. The van der Waals surface area contributed by atoms with Gasteiger partial charge in [-0.25, -0.2) is 0 Å². The molecule has 1 aliphatic heterocycles. The molecule has 2 N–H and O–H groups in total. The lowest BCUT2D eigenvalue weighted by molar-refractivity contribution is 0.101. The molecule has 4 rings (SSSR count). The molecular formula is C19H26N2O2S. The molecule has 0 radical (unpaired) electrons. The highest BCUT2D eigenvalue weighted by molar-refractivity contribution is 8.02. The van der Waals surface area contributed by atoms with Gasteiger partial charge in [-0.1, -0.05) is 0 Å². The van der Waals surface area contributed by atoms with E-state index < -0.39 is 0 Å². The Labute approximate surface area is 148 Å². The topological polar surface area (TPSA) is 52.6 Å². The van der Waals surface area contributed by atoms with Gasteiger partial charge in [0, 0.05) is 30.0 Å². The van der Waals surface area contributed by atoms with Gasteiger partial charge in [-0.3, -0.25) is 4.79 Å². The van der Waals surface area contributed by atoms with Crippen LogP contribution in [0.2, 0.25) is 0 Å². The minimum atomic E-state index is 0.00287. The third-order valence-electron chi connectivity index (χ3n) is 5.98. The van der Waals surface area contributed by atoms with Crippen molar-refractivity contribution in [3.05, 3.63) is 23.8 Å². The molecule has 4 nitrogen and oxygen atoms in total. The second kappa shape index (κ2) is 5.95. The number of carbonyl (C=O) groups is 1. The lowest BCUT2D eigenvalue weighted by Gasteiger charge is -2.35. The molecule has 3 aliphatic rings. The van der Waals surface area contributed by atoms with E-state index in [9.17, 15) is 9.90 Å². The van der Waals surface area contributed by atoms with Gasteiger partial charge >= 0.3 is 0 Å². The van der Waals surface area contributed by atoms with Crippen LogP contribution in [0.3, 0.4) is 0 Å². The van der Waals surface area contributed by atoms with Gasteiger partial charge in [-0.05, 0) is 81.0 Å². The molecule has 5 heteroatoms. The van der Waals surface area contributed by atoms with Crippen LogP contribution in [0.5, 0.6) is 0 Å². The van der Waals surface area contributed by atoms with Crippen LogP contribution in [-0.4, -0.2) is 35.3 Å². The highest BCUT2D eigenvalue weighted by Crippen LogP contribution is 2.54. The Morgan fingerprint density at radius 1 is 1.21 bits per heavy atom. The summed E-state index contributed by atoms with van der Waals surface area (Å²) in [5.74, 6) is 0.130. The Morgan fingerprint density at radius 2 is 1.92 bits per heavy atom. The Kier molecular flexibility index (Phi) is 4.04. The van der Waals surface area contributed by atoms with Crippen molar-refractivity contribution in [2.24, 2.45) is 5.41 Å². The maximum Gasteiger partial charge on any atom is 0.161 e. The van der Waals surface area contributed by atoms with Crippen LogP contribution in [0.15, 0.2) is 18.2 Å². The minimum Gasteiger partial charge on any atom is -0.395 e. The Hall–Kier alpha value is -1.20. The van der Waals surface area contributed by atoms with E-state index >= 15 is 0 Å². The fourth-order valence-electron chi connectivity index (χ4n) is 3.65. The number of hydrogen-bond acceptors (Lipinski definition) is 5. The molecule has 2 saturated carbocycles. The normalized spacial score (nSPS) is 23.2. The number of aliphatic hydroxyl groups excluding tert-OH is 1. The lowest BCUT2D eigenvalue weighted by atomic mass is 9.92. The molecule has 1 heterocycles. The number of Topliss-reactive ketones (excluding diaryl/α,β-unsaturated/α-hetero) is 1. The summed E-state index contributed by atoms with van der Waals surface area (Å²) in [6.45, 7) is 3.98.